The SMILES string of the molecule is COC(=O)C=Cc1ccc(-c2oc3ccc(Oc4ccc(Cl)cc4)cc3c2SC)cc1. The van der Waals surface area contributed by atoms with Gasteiger partial charge in [0.2, 0.25) is 0 Å². The molecule has 4 rings (SSSR count). The van der Waals surface area contributed by atoms with E-state index in [0.29, 0.717) is 10.8 Å². The molecule has 0 bridgehead atoms. The number of halogens is 1. The van der Waals surface area contributed by atoms with Gasteiger partial charge in [0, 0.05) is 22.0 Å². The molecule has 0 aliphatic carbocycles. The third kappa shape index (κ3) is 4.79. The third-order valence-corrected chi connectivity index (χ3v) is 5.72. The van der Waals surface area contributed by atoms with Crippen LogP contribution in [0.5, 0.6) is 11.5 Å². The number of hydrogen-bond acceptors (Lipinski definition) is 5. The fourth-order valence-corrected chi connectivity index (χ4v) is 3.98. The number of benzene rings is 3. The van der Waals surface area contributed by atoms with Crippen LogP contribution in [0, 0.1) is 0 Å². The Bertz CT molecular complexity index is 1240. The second-order valence-electron chi connectivity index (χ2n) is 6.66. The topological polar surface area (TPSA) is 48.7 Å². The highest BCUT2D eigenvalue weighted by molar-refractivity contribution is 7.99. The van der Waals surface area contributed by atoms with Crippen LogP contribution >= 0.6 is 23.4 Å². The number of ether oxygens (including phenoxy) is 2. The predicted octanol–water partition coefficient (Wildman–Crippen LogP) is 7.45. The molecule has 0 aliphatic heterocycles. The highest BCUT2D eigenvalue weighted by atomic mass is 35.5. The zero-order chi connectivity index (χ0) is 21.8. The van der Waals surface area contributed by atoms with E-state index in [9.17, 15) is 4.79 Å². The number of fused-ring (bicyclic) bond motifs is 1. The summed E-state index contributed by atoms with van der Waals surface area (Å²) >= 11 is 7.57. The van der Waals surface area contributed by atoms with Crippen molar-refractivity contribution in [2.75, 3.05) is 13.4 Å². The van der Waals surface area contributed by atoms with Gasteiger partial charge in [0.05, 0.1) is 12.0 Å². The maximum atomic E-state index is 11.3. The summed E-state index contributed by atoms with van der Waals surface area (Å²) in [5.74, 6) is 1.85. The van der Waals surface area contributed by atoms with Crippen LogP contribution in [0.2, 0.25) is 5.02 Å². The largest absolute Gasteiger partial charge is 0.466 e. The molecule has 3 aromatic carbocycles. The van der Waals surface area contributed by atoms with Crippen LogP contribution in [0.3, 0.4) is 0 Å². The average molecular weight is 451 g/mol. The van der Waals surface area contributed by atoms with Crippen molar-refractivity contribution in [3.63, 3.8) is 0 Å². The number of esters is 1. The van der Waals surface area contributed by atoms with Crippen LogP contribution in [-0.4, -0.2) is 19.3 Å². The summed E-state index contributed by atoms with van der Waals surface area (Å²) in [7, 11) is 1.35. The van der Waals surface area contributed by atoms with Gasteiger partial charge in [-0.15, -0.1) is 11.8 Å². The van der Waals surface area contributed by atoms with Crippen molar-refractivity contribution in [1.29, 1.82) is 0 Å². The summed E-state index contributed by atoms with van der Waals surface area (Å²) in [5, 5.41) is 1.65. The first-order valence-corrected chi connectivity index (χ1v) is 11.1. The quantitative estimate of drug-likeness (QED) is 0.173. The number of carbonyl (C=O) groups is 1. The van der Waals surface area contributed by atoms with E-state index in [4.69, 9.17) is 20.8 Å². The zero-order valence-electron chi connectivity index (χ0n) is 16.9. The number of carbonyl (C=O) groups excluding carboxylic acids is 1. The lowest BCUT2D eigenvalue weighted by atomic mass is 10.1. The van der Waals surface area contributed by atoms with Gasteiger partial charge in [-0.1, -0.05) is 35.9 Å². The Kier molecular flexibility index (Phi) is 6.35. The fraction of sp³-hybridized carbons (Fsp3) is 0.0800. The van der Waals surface area contributed by atoms with E-state index < -0.39 is 0 Å². The molecule has 0 unspecified atom stereocenters. The maximum absolute atomic E-state index is 11.3. The first kappa shape index (κ1) is 21.1. The van der Waals surface area contributed by atoms with Gasteiger partial charge in [-0.3, -0.25) is 0 Å². The molecule has 1 heterocycles. The molecular formula is C25H19ClO4S. The van der Waals surface area contributed by atoms with Crippen LogP contribution in [0.25, 0.3) is 28.4 Å². The van der Waals surface area contributed by atoms with Gasteiger partial charge in [-0.25, -0.2) is 4.79 Å². The Labute approximate surface area is 189 Å². The van der Waals surface area contributed by atoms with Gasteiger partial charge in [-0.2, -0.15) is 0 Å². The summed E-state index contributed by atoms with van der Waals surface area (Å²) in [6, 6.07) is 20.8. The van der Waals surface area contributed by atoms with Crippen LogP contribution in [0.1, 0.15) is 5.56 Å². The van der Waals surface area contributed by atoms with Crippen molar-refractivity contribution in [2.45, 2.75) is 4.90 Å². The normalized spacial score (nSPS) is 11.2. The first-order chi connectivity index (χ1) is 15.1. The molecule has 6 heteroatoms. The molecule has 4 aromatic rings. The smallest absolute Gasteiger partial charge is 0.330 e. The summed E-state index contributed by atoms with van der Waals surface area (Å²) in [5.41, 5.74) is 2.64. The lowest BCUT2D eigenvalue weighted by Crippen LogP contribution is -1.93. The highest BCUT2D eigenvalue weighted by Gasteiger charge is 2.16. The molecule has 156 valence electrons. The van der Waals surface area contributed by atoms with Gasteiger partial charge in [0.1, 0.15) is 22.8 Å². The van der Waals surface area contributed by atoms with E-state index in [1.54, 1.807) is 30.0 Å². The van der Waals surface area contributed by atoms with E-state index in [2.05, 4.69) is 4.74 Å². The molecule has 0 radical (unpaired) electrons. The summed E-state index contributed by atoms with van der Waals surface area (Å²) in [6.45, 7) is 0. The molecule has 1 aromatic heterocycles. The van der Waals surface area contributed by atoms with Crippen LogP contribution in [-0.2, 0) is 9.53 Å². The molecule has 0 fully saturated rings. The van der Waals surface area contributed by atoms with E-state index in [1.807, 2.05) is 60.9 Å². The molecule has 0 spiro atoms. The monoisotopic (exact) mass is 450 g/mol. The van der Waals surface area contributed by atoms with Crippen molar-refractivity contribution in [3.8, 4) is 22.8 Å². The van der Waals surface area contributed by atoms with E-state index in [0.717, 1.165) is 38.5 Å². The molecule has 0 N–H and O–H groups in total. The second-order valence-corrected chi connectivity index (χ2v) is 7.91. The maximum Gasteiger partial charge on any atom is 0.330 e. The number of hydrogen-bond donors (Lipinski definition) is 0. The van der Waals surface area contributed by atoms with Gasteiger partial charge in [-0.05, 0) is 60.4 Å². The van der Waals surface area contributed by atoms with Gasteiger partial charge < -0.3 is 13.9 Å². The lowest BCUT2D eigenvalue weighted by Gasteiger charge is -2.06. The number of rotatable bonds is 6. The van der Waals surface area contributed by atoms with Gasteiger partial charge in [0.15, 0.2) is 0 Å². The summed E-state index contributed by atoms with van der Waals surface area (Å²) < 4.78 is 16.8. The number of furan rings is 1. The van der Waals surface area contributed by atoms with Crippen molar-refractivity contribution in [3.05, 3.63) is 83.4 Å². The van der Waals surface area contributed by atoms with Crippen molar-refractivity contribution in [1.82, 2.24) is 0 Å². The van der Waals surface area contributed by atoms with Crippen molar-refractivity contribution >= 4 is 46.4 Å². The number of methoxy groups -OCH3 is 1. The minimum Gasteiger partial charge on any atom is -0.466 e. The van der Waals surface area contributed by atoms with Crippen molar-refractivity contribution in [2.24, 2.45) is 0 Å². The van der Waals surface area contributed by atoms with E-state index >= 15 is 0 Å². The Morgan fingerprint density at radius 3 is 2.39 bits per heavy atom. The minimum absolute atomic E-state index is 0.386. The Hall–Kier alpha value is -3.15. The molecule has 0 amide bonds. The van der Waals surface area contributed by atoms with Crippen LogP contribution < -0.4 is 4.74 Å². The molecule has 0 aliphatic rings. The van der Waals surface area contributed by atoms with Gasteiger partial charge >= 0.3 is 5.97 Å². The Balaban J connectivity index is 1.64. The number of thioether (sulfide) groups is 1. The lowest BCUT2D eigenvalue weighted by molar-refractivity contribution is -0.134. The van der Waals surface area contributed by atoms with Crippen LogP contribution in [0.15, 0.2) is 82.1 Å². The third-order valence-electron chi connectivity index (χ3n) is 4.65. The fourth-order valence-electron chi connectivity index (χ4n) is 3.13. The molecule has 0 saturated carbocycles. The van der Waals surface area contributed by atoms with Crippen molar-refractivity contribution < 1.29 is 18.7 Å². The molecule has 0 saturated heterocycles. The molecule has 4 nitrogen and oxygen atoms in total. The first-order valence-electron chi connectivity index (χ1n) is 9.48. The van der Waals surface area contributed by atoms with Gasteiger partial charge in [0.25, 0.3) is 0 Å². The molecule has 0 atom stereocenters. The minimum atomic E-state index is -0.386. The molecule has 31 heavy (non-hydrogen) atoms. The Morgan fingerprint density at radius 1 is 1.00 bits per heavy atom. The summed E-state index contributed by atoms with van der Waals surface area (Å²) in [4.78, 5) is 12.3. The second kappa shape index (κ2) is 9.33. The average Bonchev–Trinajstić information content (AvgIpc) is 3.17. The van der Waals surface area contributed by atoms with Crippen LogP contribution in [0.4, 0.5) is 0 Å². The Morgan fingerprint density at radius 2 is 1.71 bits per heavy atom. The predicted molar refractivity (Wildman–Crippen MR) is 126 cm³/mol. The highest BCUT2D eigenvalue weighted by Crippen LogP contribution is 2.41. The van der Waals surface area contributed by atoms with E-state index in [-0.39, 0.29) is 5.97 Å². The standard InChI is InChI=1S/C25H19ClO4S/c1-28-23(27)14-5-16-3-6-17(7-4-16)24-25(31-2)21-15-20(12-13-22(21)30-24)29-19-10-8-18(26)9-11-19/h3-15H,1-2H3. The molecular weight excluding hydrogens is 432 g/mol. The zero-order valence-corrected chi connectivity index (χ0v) is 18.5. The van der Waals surface area contributed by atoms with E-state index in [1.165, 1.54) is 13.2 Å². The summed E-state index contributed by atoms with van der Waals surface area (Å²) in [6.07, 6.45) is 5.13.